The van der Waals surface area contributed by atoms with E-state index in [1.165, 1.54) is 6.26 Å². The van der Waals surface area contributed by atoms with Crippen molar-refractivity contribution in [2.24, 2.45) is 5.92 Å². The lowest BCUT2D eigenvalue weighted by Gasteiger charge is -2.34. The van der Waals surface area contributed by atoms with Crippen molar-refractivity contribution >= 4 is 9.84 Å². The summed E-state index contributed by atoms with van der Waals surface area (Å²) < 4.78 is 23.0. The fraction of sp³-hybridized carbons (Fsp3) is 1.00. The molecule has 0 heterocycles. The molecule has 0 aromatic rings. The van der Waals surface area contributed by atoms with Crippen molar-refractivity contribution < 1.29 is 8.42 Å². The van der Waals surface area contributed by atoms with Crippen LogP contribution in [0.15, 0.2) is 0 Å². The monoisotopic (exact) mass is 263 g/mol. The molecule has 0 aromatic heterocycles. The van der Waals surface area contributed by atoms with Gasteiger partial charge in [-0.1, -0.05) is 20.8 Å². The summed E-state index contributed by atoms with van der Waals surface area (Å²) in [6, 6.07) is 0.0415. The third-order valence-electron chi connectivity index (χ3n) is 3.47. The Bertz CT molecular complexity index is 307. The van der Waals surface area contributed by atoms with E-state index in [2.05, 4.69) is 26.1 Å². The van der Waals surface area contributed by atoms with E-state index in [0.29, 0.717) is 5.92 Å². The van der Waals surface area contributed by atoms with Crippen molar-refractivity contribution in [2.75, 3.05) is 12.8 Å². The van der Waals surface area contributed by atoms with E-state index in [1.807, 2.05) is 13.8 Å². The molecule has 1 atom stereocenters. The smallest absolute Gasteiger partial charge is 0.154 e. The predicted molar refractivity (Wildman–Crippen MR) is 75.1 cm³/mol. The summed E-state index contributed by atoms with van der Waals surface area (Å²) in [5.41, 5.74) is 0. The molecular formula is C13H29NO2S. The van der Waals surface area contributed by atoms with Crippen LogP contribution in [0.3, 0.4) is 0 Å². The fourth-order valence-electron chi connectivity index (χ4n) is 1.77. The molecule has 0 saturated heterocycles. The molecule has 0 aliphatic carbocycles. The molecular weight excluding hydrogens is 234 g/mol. The van der Waals surface area contributed by atoms with Gasteiger partial charge in [0.05, 0.1) is 4.75 Å². The van der Waals surface area contributed by atoms with E-state index < -0.39 is 14.6 Å². The fourth-order valence-corrected chi connectivity index (χ4v) is 2.49. The van der Waals surface area contributed by atoms with Crippen LogP contribution in [0.5, 0.6) is 0 Å². The second kappa shape index (κ2) is 6.74. The Morgan fingerprint density at radius 3 is 2.06 bits per heavy atom. The molecule has 1 unspecified atom stereocenters. The molecule has 4 heteroatoms. The molecule has 0 amide bonds. The Morgan fingerprint density at radius 1 is 1.18 bits per heavy atom. The van der Waals surface area contributed by atoms with E-state index in [9.17, 15) is 8.42 Å². The van der Waals surface area contributed by atoms with Gasteiger partial charge in [0.15, 0.2) is 9.84 Å². The maximum atomic E-state index is 11.9. The summed E-state index contributed by atoms with van der Waals surface area (Å²) in [6.07, 6.45) is 4.33. The zero-order valence-corrected chi connectivity index (χ0v) is 13.0. The quantitative estimate of drug-likeness (QED) is 0.732. The molecule has 0 fully saturated rings. The van der Waals surface area contributed by atoms with Crippen molar-refractivity contribution in [3.63, 3.8) is 0 Å². The summed E-state index contributed by atoms with van der Waals surface area (Å²) in [4.78, 5) is 0. The molecule has 104 valence electrons. The Kier molecular flexibility index (Phi) is 6.70. The molecule has 0 aliphatic heterocycles. The molecule has 0 radical (unpaired) electrons. The minimum atomic E-state index is -3.04. The van der Waals surface area contributed by atoms with Gasteiger partial charge in [0.25, 0.3) is 0 Å². The van der Waals surface area contributed by atoms with Crippen LogP contribution in [0.4, 0.5) is 0 Å². The minimum absolute atomic E-state index is 0.0415. The van der Waals surface area contributed by atoms with Crippen LogP contribution in [0, 0.1) is 5.92 Å². The van der Waals surface area contributed by atoms with E-state index in [1.54, 1.807) is 0 Å². The normalized spacial score (nSPS) is 15.2. The molecule has 0 bridgehead atoms. The van der Waals surface area contributed by atoms with Crippen LogP contribution in [0.2, 0.25) is 0 Å². The van der Waals surface area contributed by atoms with E-state index >= 15 is 0 Å². The van der Waals surface area contributed by atoms with E-state index in [-0.39, 0.29) is 6.04 Å². The average molecular weight is 263 g/mol. The summed E-state index contributed by atoms with van der Waals surface area (Å²) in [5.74, 6) is 0.608. The molecule has 0 rings (SSSR count). The Balaban J connectivity index is 4.77. The summed E-state index contributed by atoms with van der Waals surface area (Å²) >= 11 is 0. The standard InChI is InChI=1S/C13H29NO2S/c1-7-10-14-12(9-8-11(2)3)13(4,5)17(6,15)16/h11-12,14H,7-10H2,1-6H3. The Hall–Kier alpha value is -0.0900. The first-order chi connectivity index (χ1) is 7.63. The predicted octanol–water partition coefficient (Wildman–Crippen LogP) is 2.61. The van der Waals surface area contributed by atoms with Crippen LogP contribution in [-0.4, -0.2) is 32.0 Å². The van der Waals surface area contributed by atoms with Crippen LogP contribution >= 0.6 is 0 Å². The lowest BCUT2D eigenvalue weighted by Crippen LogP contribution is -2.51. The zero-order chi connectivity index (χ0) is 13.7. The van der Waals surface area contributed by atoms with Gasteiger partial charge in [-0.25, -0.2) is 8.42 Å². The first-order valence-corrected chi connectivity index (χ1v) is 8.45. The van der Waals surface area contributed by atoms with Gasteiger partial charge in [-0.3, -0.25) is 0 Å². The van der Waals surface area contributed by atoms with E-state index in [4.69, 9.17) is 0 Å². The Morgan fingerprint density at radius 2 is 1.71 bits per heavy atom. The Labute approximate surface area is 107 Å². The summed E-state index contributed by atoms with van der Waals surface area (Å²) in [6.45, 7) is 11.0. The maximum absolute atomic E-state index is 11.9. The second-order valence-electron chi connectivity index (χ2n) is 5.85. The van der Waals surface area contributed by atoms with Crippen LogP contribution in [0.1, 0.15) is 53.9 Å². The highest BCUT2D eigenvalue weighted by Gasteiger charge is 2.38. The minimum Gasteiger partial charge on any atom is -0.312 e. The highest BCUT2D eigenvalue weighted by molar-refractivity contribution is 7.92. The number of rotatable bonds is 8. The third-order valence-corrected chi connectivity index (χ3v) is 5.66. The number of sulfone groups is 1. The van der Waals surface area contributed by atoms with Crippen LogP contribution in [-0.2, 0) is 9.84 Å². The van der Waals surface area contributed by atoms with Gasteiger partial charge in [-0.2, -0.15) is 0 Å². The molecule has 0 saturated carbocycles. The van der Waals surface area contributed by atoms with Crippen molar-refractivity contribution in [3.8, 4) is 0 Å². The van der Waals surface area contributed by atoms with Crippen molar-refractivity contribution in [1.29, 1.82) is 0 Å². The SMILES string of the molecule is CCCNC(CCC(C)C)C(C)(C)S(C)(=O)=O. The number of hydrogen-bond donors (Lipinski definition) is 1. The van der Waals surface area contributed by atoms with Crippen LogP contribution < -0.4 is 5.32 Å². The van der Waals surface area contributed by atoms with Gasteiger partial charge in [-0.05, 0) is 45.6 Å². The molecule has 1 N–H and O–H groups in total. The van der Waals surface area contributed by atoms with Gasteiger partial charge in [0.2, 0.25) is 0 Å². The average Bonchev–Trinajstić information content (AvgIpc) is 2.15. The molecule has 0 spiro atoms. The lowest BCUT2D eigenvalue weighted by atomic mass is 9.94. The topological polar surface area (TPSA) is 46.2 Å². The van der Waals surface area contributed by atoms with Gasteiger partial charge in [0, 0.05) is 12.3 Å². The van der Waals surface area contributed by atoms with Crippen molar-refractivity contribution in [3.05, 3.63) is 0 Å². The molecule has 0 aliphatic rings. The van der Waals surface area contributed by atoms with Crippen molar-refractivity contribution in [1.82, 2.24) is 5.32 Å². The number of hydrogen-bond acceptors (Lipinski definition) is 3. The highest BCUT2D eigenvalue weighted by atomic mass is 32.2. The third kappa shape index (κ3) is 5.38. The first-order valence-electron chi connectivity index (χ1n) is 6.55. The van der Waals surface area contributed by atoms with Crippen molar-refractivity contribution in [2.45, 2.75) is 64.7 Å². The highest BCUT2D eigenvalue weighted by Crippen LogP contribution is 2.24. The zero-order valence-electron chi connectivity index (χ0n) is 12.2. The number of nitrogens with one attached hydrogen (secondary N) is 1. The molecule has 0 aromatic carbocycles. The largest absolute Gasteiger partial charge is 0.312 e. The lowest BCUT2D eigenvalue weighted by molar-refractivity contribution is 0.362. The van der Waals surface area contributed by atoms with Gasteiger partial charge < -0.3 is 5.32 Å². The van der Waals surface area contributed by atoms with Crippen LogP contribution in [0.25, 0.3) is 0 Å². The first kappa shape index (κ1) is 16.9. The summed E-state index contributed by atoms with van der Waals surface area (Å²) in [7, 11) is -3.04. The van der Waals surface area contributed by atoms with Gasteiger partial charge in [-0.15, -0.1) is 0 Å². The second-order valence-corrected chi connectivity index (χ2v) is 8.45. The molecule has 3 nitrogen and oxygen atoms in total. The summed E-state index contributed by atoms with van der Waals surface area (Å²) in [5, 5.41) is 3.39. The van der Waals surface area contributed by atoms with Gasteiger partial charge >= 0.3 is 0 Å². The van der Waals surface area contributed by atoms with E-state index in [0.717, 1.165) is 25.8 Å². The van der Waals surface area contributed by atoms with Gasteiger partial charge in [0.1, 0.15) is 0 Å². The molecule has 17 heavy (non-hydrogen) atoms. The maximum Gasteiger partial charge on any atom is 0.154 e.